The van der Waals surface area contributed by atoms with Gasteiger partial charge in [-0.2, -0.15) is 0 Å². The molecule has 0 bridgehead atoms. The molecule has 1 atom stereocenters. The maximum atomic E-state index is 14.0. The number of hydrogen-bond donors (Lipinski definition) is 1. The van der Waals surface area contributed by atoms with Crippen LogP contribution < -0.4 is 15.7 Å². The fourth-order valence-corrected chi connectivity index (χ4v) is 5.43. The van der Waals surface area contributed by atoms with Crippen LogP contribution in [-0.2, 0) is 4.57 Å². The van der Waals surface area contributed by atoms with Crippen LogP contribution >= 0.6 is 7.29 Å². The van der Waals surface area contributed by atoms with Crippen LogP contribution in [0.2, 0.25) is 0 Å². The van der Waals surface area contributed by atoms with Gasteiger partial charge in [0.2, 0.25) is 7.29 Å². The summed E-state index contributed by atoms with van der Waals surface area (Å²) < 4.78 is 14.0. The third-order valence-electron chi connectivity index (χ3n) is 4.19. The summed E-state index contributed by atoms with van der Waals surface area (Å²) in [6.07, 6.45) is 0.869. The fourth-order valence-electron chi connectivity index (χ4n) is 2.88. The minimum Gasteiger partial charge on any atom is -0.297 e. The number of rotatable bonds is 6. The highest BCUT2D eigenvalue weighted by molar-refractivity contribution is 7.76. The molecule has 3 rings (SSSR count). The normalized spacial score (nSPS) is 12.7. The van der Waals surface area contributed by atoms with Crippen LogP contribution in [0.15, 0.2) is 91.0 Å². The Morgan fingerprint density at radius 1 is 0.750 bits per heavy atom. The van der Waals surface area contributed by atoms with Crippen molar-refractivity contribution >= 4 is 17.9 Å². The Bertz CT molecular complexity index is 760. The molecule has 24 heavy (non-hydrogen) atoms. The molecule has 0 amide bonds. The van der Waals surface area contributed by atoms with Crippen LogP contribution in [0.1, 0.15) is 24.9 Å². The summed E-state index contributed by atoms with van der Waals surface area (Å²) in [5, 5.41) is 5.16. The molecule has 0 aliphatic carbocycles. The largest absolute Gasteiger partial charge is 0.297 e. The van der Waals surface area contributed by atoms with Crippen LogP contribution in [0.4, 0.5) is 0 Å². The first-order valence-corrected chi connectivity index (χ1v) is 9.98. The van der Waals surface area contributed by atoms with Gasteiger partial charge in [-0.1, -0.05) is 73.7 Å². The molecule has 3 heteroatoms. The van der Waals surface area contributed by atoms with Crippen LogP contribution in [0.3, 0.4) is 0 Å². The first kappa shape index (κ1) is 16.7. The summed E-state index contributed by atoms with van der Waals surface area (Å²) in [6, 6.07) is 29.7. The molecule has 0 aliphatic rings. The molecule has 1 N–H and O–H groups in total. The number of nitrogens with one attached hydrogen (secondary N) is 1. The zero-order chi connectivity index (χ0) is 16.8. The maximum Gasteiger partial charge on any atom is 0.205 e. The van der Waals surface area contributed by atoms with Crippen molar-refractivity contribution in [1.82, 2.24) is 5.09 Å². The molecule has 0 aromatic heterocycles. The van der Waals surface area contributed by atoms with Crippen molar-refractivity contribution in [2.24, 2.45) is 0 Å². The van der Waals surface area contributed by atoms with E-state index < -0.39 is 7.29 Å². The van der Waals surface area contributed by atoms with E-state index in [0.29, 0.717) is 0 Å². The molecule has 0 aliphatic heterocycles. The van der Waals surface area contributed by atoms with E-state index in [-0.39, 0.29) is 6.04 Å². The second-order valence-electron chi connectivity index (χ2n) is 5.78. The van der Waals surface area contributed by atoms with E-state index in [0.717, 1.165) is 22.6 Å². The molecule has 0 fully saturated rings. The van der Waals surface area contributed by atoms with Crippen molar-refractivity contribution in [3.63, 3.8) is 0 Å². The van der Waals surface area contributed by atoms with Crippen LogP contribution in [0.5, 0.6) is 0 Å². The first-order valence-electron chi connectivity index (χ1n) is 8.28. The summed E-state index contributed by atoms with van der Waals surface area (Å²) in [7, 11) is -2.91. The van der Waals surface area contributed by atoms with Gasteiger partial charge in [-0.15, -0.1) is 0 Å². The molecule has 0 radical (unpaired) electrons. The molecular weight excluding hydrogens is 313 g/mol. The molecule has 0 unspecified atom stereocenters. The van der Waals surface area contributed by atoms with E-state index in [2.05, 4.69) is 24.1 Å². The van der Waals surface area contributed by atoms with Crippen molar-refractivity contribution in [2.45, 2.75) is 19.4 Å². The summed E-state index contributed by atoms with van der Waals surface area (Å²) >= 11 is 0. The van der Waals surface area contributed by atoms with Crippen molar-refractivity contribution < 1.29 is 4.57 Å². The van der Waals surface area contributed by atoms with Gasteiger partial charge in [0.05, 0.1) is 0 Å². The monoisotopic (exact) mass is 335 g/mol. The molecule has 0 heterocycles. The van der Waals surface area contributed by atoms with E-state index in [4.69, 9.17) is 0 Å². The Balaban J connectivity index is 2.04. The number of benzene rings is 3. The Morgan fingerprint density at radius 2 is 1.17 bits per heavy atom. The van der Waals surface area contributed by atoms with Crippen molar-refractivity contribution in [1.29, 1.82) is 0 Å². The minimum absolute atomic E-state index is 0.0393. The van der Waals surface area contributed by atoms with Gasteiger partial charge in [-0.3, -0.25) is 9.65 Å². The Labute approximate surface area is 144 Å². The van der Waals surface area contributed by atoms with Gasteiger partial charge in [0.15, 0.2) is 0 Å². The zero-order valence-electron chi connectivity index (χ0n) is 13.8. The molecule has 122 valence electrons. The van der Waals surface area contributed by atoms with Gasteiger partial charge in [0, 0.05) is 16.7 Å². The van der Waals surface area contributed by atoms with E-state index in [1.54, 1.807) is 0 Å². The standard InChI is InChI=1S/C21H22NOP/c1-2-21(18-12-6-3-7-13-18)22-24(23,19-14-8-4-9-15-19)20-16-10-5-11-17-20/h3-17,21H,2H2,1H3,(H,22,23)/t21-/m0/s1. The lowest BCUT2D eigenvalue weighted by Gasteiger charge is -2.26. The smallest absolute Gasteiger partial charge is 0.205 e. The third-order valence-corrected chi connectivity index (χ3v) is 6.91. The summed E-state index contributed by atoms with van der Waals surface area (Å²) in [4.78, 5) is 0. The van der Waals surface area contributed by atoms with Crippen molar-refractivity contribution in [2.75, 3.05) is 0 Å². The first-order chi connectivity index (χ1) is 11.7. The van der Waals surface area contributed by atoms with Gasteiger partial charge < -0.3 is 0 Å². The van der Waals surface area contributed by atoms with Crippen LogP contribution in [0.25, 0.3) is 0 Å². The highest BCUT2D eigenvalue weighted by Crippen LogP contribution is 2.42. The fraction of sp³-hybridized carbons (Fsp3) is 0.143. The minimum atomic E-state index is -2.91. The maximum absolute atomic E-state index is 14.0. The molecular formula is C21H22NOP. The molecule has 0 saturated heterocycles. The van der Waals surface area contributed by atoms with Gasteiger partial charge >= 0.3 is 0 Å². The average molecular weight is 335 g/mol. The van der Waals surface area contributed by atoms with Gasteiger partial charge in [0.25, 0.3) is 0 Å². The highest BCUT2D eigenvalue weighted by Gasteiger charge is 2.29. The lowest BCUT2D eigenvalue weighted by Crippen LogP contribution is -2.30. The third kappa shape index (κ3) is 3.51. The Hall–Kier alpha value is -2.15. The molecule has 3 aromatic rings. The lowest BCUT2D eigenvalue weighted by molar-refractivity contribution is 0.555. The molecule has 0 saturated carbocycles. The predicted molar refractivity (Wildman–Crippen MR) is 102 cm³/mol. The second kappa shape index (κ2) is 7.61. The van der Waals surface area contributed by atoms with E-state index >= 15 is 0 Å². The SMILES string of the molecule is CC[C@H](NP(=O)(c1ccccc1)c1ccccc1)c1ccccc1. The quantitative estimate of drug-likeness (QED) is 0.664. The van der Waals surface area contributed by atoms with Gasteiger partial charge in [0.1, 0.15) is 0 Å². The van der Waals surface area contributed by atoms with E-state index in [1.807, 2.05) is 78.9 Å². The Morgan fingerprint density at radius 3 is 1.58 bits per heavy atom. The topological polar surface area (TPSA) is 29.1 Å². The lowest BCUT2D eigenvalue weighted by atomic mass is 10.1. The highest BCUT2D eigenvalue weighted by atomic mass is 31.2. The summed E-state index contributed by atoms with van der Waals surface area (Å²) in [5.74, 6) is 0. The number of hydrogen-bond acceptors (Lipinski definition) is 1. The summed E-state index contributed by atoms with van der Waals surface area (Å²) in [5.41, 5.74) is 1.16. The molecule has 0 spiro atoms. The van der Waals surface area contributed by atoms with Gasteiger partial charge in [-0.25, -0.2) is 0 Å². The second-order valence-corrected chi connectivity index (χ2v) is 8.29. The predicted octanol–water partition coefficient (Wildman–Crippen LogP) is 4.66. The van der Waals surface area contributed by atoms with Crippen LogP contribution in [-0.4, -0.2) is 0 Å². The van der Waals surface area contributed by atoms with Gasteiger partial charge in [-0.05, 0) is 36.2 Å². The summed E-state index contributed by atoms with van der Waals surface area (Å²) in [6.45, 7) is 2.12. The van der Waals surface area contributed by atoms with Crippen molar-refractivity contribution in [3.05, 3.63) is 96.6 Å². The van der Waals surface area contributed by atoms with Crippen molar-refractivity contribution in [3.8, 4) is 0 Å². The van der Waals surface area contributed by atoms with E-state index in [1.165, 1.54) is 0 Å². The molecule has 3 aromatic carbocycles. The Kier molecular flexibility index (Phi) is 5.30. The average Bonchev–Trinajstić information content (AvgIpc) is 2.68. The zero-order valence-corrected chi connectivity index (χ0v) is 14.7. The van der Waals surface area contributed by atoms with E-state index in [9.17, 15) is 4.57 Å². The van der Waals surface area contributed by atoms with Crippen LogP contribution in [0, 0.1) is 0 Å². The molecule has 2 nitrogen and oxygen atoms in total.